The molecule has 0 bridgehead atoms. The smallest absolute Gasteiger partial charge is 0.248 e. The number of benzene rings is 1. The van der Waals surface area contributed by atoms with Gasteiger partial charge < -0.3 is 25.3 Å². The Labute approximate surface area is 128 Å². The fraction of sp³-hybridized carbons (Fsp3) is 0.438. The number of pyridine rings is 1. The summed E-state index contributed by atoms with van der Waals surface area (Å²) < 4.78 is 5.72. The van der Waals surface area contributed by atoms with Crippen LogP contribution in [0.25, 0.3) is 10.9 Å². The van der Waals surface area contributed by atoms with E-state index in [0.717, 1.165) is 19.5 Å². The van der Waals surface area contributed by atoms with Crippen molar-refractivity contribution in [3.63, 3.8) is 0 Å². The average molecular weight is 306 g/mol. The fourth-order valence-electron chi connectivity index (χ4n) is 2.13. The van der Waals surface area contributed by atoms with Crippen LogP contribution in [0.4, 0.5) is 0 Å². The van der Waals surface area contributed by atoms with Crippen molar-refractivity contribution in [3.8, 4) is 11.5 Å². The Morgan fingerprint density at radius 3 is 2.91 bits per heavy atom. The third kappa shape index (κ3) is 4.22. The number of aliphatic hydroxyl groups excluding tert-OH is 1. The number of ether oxygens (including phenoxy) is 1. The van der Waals surface area contributed by atoms with Crippen LogP contribution in [-0.2, 0) is 0 Å². The number of nitrogens with one attached hydrogen (secondary N) is 2. The van der Waals surface area contributed by atoms with Crippen LogP contribution in [0.1, 0.15) is 13.3 Å². The summed E-state index contributed by atoms with van der Waals surface area (Å²) >= 11 is 0. The molecule has 1 heterocycles. The maximum Gasteiger partial charge on any atom is 0.248 e. The number of H-pyrrole nitrogens is 1. The van der Waals surface area contributed by atoms with E-state index in [0.29, 0.717) is 23.3 Å². The van der Waals surface area contributed by atoms with Crippen LogP contribution in [0.2, 0.25) is 0 Å². The average Bonchev–Trinajstić information content (AvgIpc) is 2.52. The van der Waals surface area contributed by atoms with Crippen LogP contribution >= 0.6 is 0 Å². The number of aromatic hydroxyl groups is 1. The van der Waals surface area contributed by atoms with Gasteiger partial charge in [0.15, 0.2) is 0 Å². The first kappa shape index (κ1) is 16.3. The number of phenolic OH excluding ortho intramolecular Hbond substituents is 1. The summed E-state index contributed by atoms with van der Waals surface area (Å²) in [5.41, 5.74) is 0.127. The molecule has 1 unspecified atom stereocenters. The van der Waals surface area contributed by atoms with E-state index in [-0.39, 0.29) is 23.8 Å². The number of rotatable bonds is 8. The van der Waals surface area contributed by atoms with Crippen molar-refractivity contribution in [2.45, 2.75) is 13.3 Å². The lowest BCUT2D eigenvalue weighted by atomic mass is 10.2. The first-order valence-electron chi connectivity index (χ1n) is 7.41. The SMILES string of the molecule is CC(CO)CNCCCOc1ccc(O)c2[nH]c(=O)ccc12. The Bertz CT molecular complexity index is 669. The number of aliphatic hydroxyl groups is 1. The fourth-order valence-corrected chi connectivity index (χ4v) is 2.13. The summed E-state index contributed by atoms with van der Waals surface area (Å²) in [6, 6.07) is 6.25. The van der Waals surface area contributed by atoms with Crippen molar-refractivity contribution in [3.05, 3.63) is 34.6 Å². The molecule has 120 valence electrons. The Kier molecular flexibility index (Phi) is 5.80. The van der Waals surface area contributed by atoms with E-state index in [1.165, 1.54) is 12.1 Å². The van der Waals surface area contributed by atoms with Gasteiger partial charge in [0, 0.05) is 18.1 Å². The standard InChI is InChI=1S/C16H22N2O4/c1-11(10-19)9-17-7-2-8-22-14-5-4-13(20)16-12(14)3-6-15(21)18-16/h3-6,11,17,19-20H,2,7-10H2,1H3,(H,18,21). The highest BCUT2D eigenvalue weighted by molar-refractivity contribution is 5.89. The normalized spacial score (nSPS) is 12.5. The van der Waals surface area contributed by atoms with Crippen LogP contribution in [0, 0.1) is 5.92 Å². The molecule has 0 spiro atoms. The summed E-state index contributed by atoms with van der Waals surface area (Å²) in [7, 11) is 0. The zero-order valence-electron chi connectivity index (χ0n) is 12.6. The molecule has 0 saturated heterocycles. The van der Waals surface area contributed by atoms with Crippen molar-refractivity contribution in [1.29, 1.82) is 0 Å². The van der Waals surface area contributed by atoms with Crippen molar-refractivity contribution < 1.29 is 14.9 Å². The number of aromatic nitrogens is 1. The lowest BCUT2D eigenvalue weighted by Gasteiger charge is -2.11. The van der Waals surface area contributed by atoms with Gasteiger partial charge in [0.2, 0.25) is 5.56 Å². The first-order chi connectivity index (χ1) is 10.6. The van der Waals surface area contributed by atoms with Crippen LogP contribution in [-0.4, -0.2) is 41.5 Å². The molecule has 4 N–H and O–H groups in total. The highest BCUT2D eigenvalue weighted by Crippen LogP contribution is 2.29. The van der Waals surface area contributed by atoms with Gasteiger partial charge in [0.25, 0.3) is 0 Å². The van der Waals surface area contributed by atoms with Crippen LogP contribution in [0.5, 0.6) is 11.5 Å². The Hall–Kier alpha value is -2.05. The van der Waals surface area contributed by atoms with E-state index >= 15 is 0 Å². The number of phenols is 1. The molecule has 6 nitrogen and oxygen atoms in total. The molecule has 0 radical (unpaired) electrons. The molecule has 2 rings (SSSR count). The molecule has 1 aromatic carbocycles. The van der Waals surface area contributed by atoms with Gasteiger partial charge >= 0.3 is 0 Å². The monoisotopic (exact) mass is 306 g/mol. The van der Waals surface area contributed by atoms with Gasteiger partial charge in [-0.3, -0.25) is 4.79 Å². The minimum absolute atomic E-state index is 0.0275. The van der Waals surface area contributed by atoms with Crippen molar-refractivity contribution in [2.24, 2.45) is 5.92 Å². The molecular formula is C16H22N2O4. The minimum Gasteiger partial charge on any atom is -0.506 e. The van der Waals surface area contributed by atoms with E-state index in [1.54, 1.807) is 12.1 Å². The highest BCUT2D eigenvalue weighted by Gasteiger charge is 2.07. The summed E-state index contributed by atoms with van der Waals surface area (Å²) in [5.74, 6) is 0.909. The molecule has 6 heteroatoms. The second kappa shape index (κ2) is 7.82. The van der Waals surface area contributed by atoms with E-state index in [2.05, 4.69) is 10.3 Å². The third-order valence-electron chi connectivity index (χ3n) is 3.39. The maximum atomic E-state index is 11.3. The van der Waals surface area contributed by atoms with Gasteiger partial charge in [-0.15, -0.1) is 0 Å². The van der Waals surface area contributed by atoms with Crippen molar-refractivity contribution in [2.75, 3.05) is 26.3 Å². The zero-order chi connectivity index (χ0) is 15.9. The molecule has 1 atom stereocenters. The van der Waals surface area contributed by atoms with Gasteiger partial charge in [0.05, 0.1) is 12.1 Å². The van der Waals surface area contributed by atoms with Crippen LogP contribution < -0.4 is 15.6 Å². The van der Waals surface area contributed by atoms with E-state index < -0.39 is 0 Å². The van der Waals surface area contributed by atoms with Crippen molar-refractivity contribution in [1.82, 2.24) is 10.3 Å². The second-order valence-electron chi connectivity index (χ2n) is 5.39. The lowest BCUT2D eigenvalue weighted by molar-refractivity contribution is 0.232. The predicted molar refractivity (Wildman–Crippen MR) is 85.5 cm³/mol. The lowest BCUT2D eigenvalue weighted by Crippen LogP contribution is -2.25. The Balaban J connectivity index is 1.90. The molecule has 0 aliphatic carbocycles. The quantitative estimate of drug-likeness (QED) is 0.550. The number of hydrogen-bond acceptors (Lipinski definition) is 5. The molecular weight excluding hydrogens is 284 g/mol. The Morgan fingerprint density at radius 1 is 1.32 bits per heavy atom. The van der Waals surface area contributed by atoms with Crippen molar-refractivity contribution >= 4 is 10.9 Å². The molecule has 0 amide bonds. The van der Waals surface area contributed by atoms with Crippen LogP contribution in [0.3, 0.4) is 0 Å². The van der Waals surface area contributed by atoms with Gasteiger partial charge in [0.1, 0.15) is 11.5 Å². The number of fused-ring (bicyclic) bond motifs is 1. The third-order valence-corrected chi connectivity index (χ3v) is 3.39. The van der Waals surface area contributed by atoms with Gasteiger partial charge in [-0.25, -0.2) is 0 Å². The molecule has 0 fully saturated rings. The van der Waals surface area contributed by atoms with Gasteiger partial charge in [-0.05, 0) is 43.6 Å². The Morgan fingerprint density at radius 2 is 2.14 bits per heavy atom. The van der Waals surface area contributed by atoms with E-state index in [9.17, 15) is 9.90 Å². The summed E-state index contributed by atoms with van der Waals surface area (Å²) in [5, 5.41) is 22.6. The van der Waals surface area contributed by atoms with E-state index in [4.69, 9.17) is 9.84 Å². The number of aromatic amines is 1. The number of hydrogen-bond donors (Lipinski definition) is 4. The van der Waals surface area contributed by atoms with Gasteiger partial charge in [-0.1, -0.05) is 6.92 Å². The first-order valence-corrected chi connectivity index (χ1v) is 7.41. The highest BCUT2D eigenvalue weighted by atomic mass is 16.5. The molecule has 22 heavy (non-hydrogen) atoms. The summed E-state index contributed by atoms with van der Waals surface area (Å²) in [6.45, 7) is 4.27. The molecule has 0 aliphatic rings. The van der Waals surface area contributed by atoms with Crippen LogP contribution in [0.15, 0.2) is 29.1 Å². The molecule has 0 aliphatic heterocycles. The summed E-state index contributed by atoms with van der Waals surface area (Å²) in [6.07, 6.45) is 0.823. The molecule has 2 aromatic rings. The molecule has 0 saturated carbocycles. The zero-order valence-corrected chi connectivity index (χ0v) is 12.6. The molecule has 1 aromatic heterocycles. The largest absolute Gasteiger partial charge is 0.506 e. The van der Waals surface area contributed by atoms with Gasteiger partial charge in [-0.2, -0.15) is 0 Å². The summed E-state index contributed by atoms with van der Waals surface area (Å²) in [4.78, 5) is 13.9. The second-order valence-corrected chi connectivity index (χ2v) is 5.39. The topological polar surface area (TPSA) is 94.6 Å². The van der Waals surface area contributed by atoms with E-state index in [1.807, 2.05) is 6.92 Å². The minimum atomic E-state index is -0.262. The predicted octanol–water partition coefficient (Wildman–Crippen LogP) is 1.22. The maximum absolute atomic E-state index is 11.3.